The Bertz CT molecular complexity index is 72.2. The summed E-state index contributed by atoms with van der Waals surface area (Å²) in [6.45, 7) is 0. The van der Waals surface area contributed by atoms with E-state index in [1.807, 2.05) is 0 Å². The van der Waals surface area contributed by atoms with Gasteiger partial charge in [0.25, 0.3) is 0 Å². The van der Waals surface area contributed by atoms with Crippen molar-refractivity contribution in [3.05, 3.63) is 11.2 Å². The van der Waals surface area contributed by atoms with Crippen molar-refractivity contribution in [1.82, 2.24) is 0 Å². The largest absolute Gasteiger partial charge is 0.366 e. The second-order valence-electron chi connectivity index (χ2n) is 0.834. The number of hydrogen-bond donors (Lipinski definition) is 0. The minimum Gasteiger partial charge on any atom is -0.121 e. The Hall–Kier alpha value is 1.12. The van der Waals surface area contributed by atoms with Gasteiger partial charge in [-0.15, -0.1) is 33.2 Å². The fourth-order valence-electron chi connectivity index (χ4n) is 0.0714. The molecule has 0 amide bonds. The van der Waals surface area contributed by atoms with Crippen molar-refractivity contribution in [2.75, 3.05) is 0 Å². The van der Waals surface area contributed by atoms with Crippen LogP contribution in [0.5, 0.6) is 0 Å². The molecule has 0 aromatic heterocycles. The van der Waals surface area contributed by atoms with E-state index in [0.717, 1.165) is 0 Å². The van der Waals surface area contributed by atoms with Crippen LogP contribution >= 0.6 is 44.8 Å². The monoisotopic (exact) mass is 194 g/mol. The van der Waals surface area contributed by atoms with Gasteiger partial charge in [-0.05, 0) is 11.2 Å². The zero-order chi connectivity index (χ0) is 5.91. The first-order chi connectivity index (χ1) is 3.06. The Balaban J connectivity index is 3.56. The first-order valence-electron chi connectivity index (χ1n) is 1.41. The first kappa shape index (κ1) is 8.12. The third-order valence-corrected chi connectivity index (χ3v) is 2.27. The maximum absolute atomic E-state index is 5.33. The molecule has 0 saturated carbocycles. The average molecular weight is 196 g/mol. The van der Waals surface area contributed by atoms with E-state index in [-0.39, 0.29) is 0 Å². The molecule has 0 aromatic rings. The van der Waals surface area contributed by atoms with Crippen LogP contribution in [0, 0.1) is 0 Å². The summed E-state index contributed by atoms with van der Waals surface area (Å²) in [6, 6.07) is -2.55. The number of hydrogen-bond acceptors (Lipinski definition) is 0. The molecule has 42 valence electrons. The van der Waals surface area contributed by atoms with Gasteiger partial charge in [0.2, 0.25) is 0 Å². The molecule has 0 rings (SSSR count). The van der Waals surface area contributed by atoms with E-state index in [0.29, 0.717) is 0 Å². The van der Waals surface area contributed by atoms with Gasteiger partial charge in [-0.1, -0.05) is 11.6 Å². The number of halogens is 4. The summed E-state index contributed by atoms with van der Waals surface area (Å²) < 4.78 is 0. The van der Waals surface area contributed by atoms with Crippen molar-refractivity contribution in [3.8, 4) is 0 Å². The third kappa shape index (κ3) is 7.12. The maximum atomic E-state index is 5.33. The predicted molar refractivity (Wildman–Crippen MR) is 38.3 cm³/mol. The van der Waals surface area contributed by atoms with Gasteiger partial charge in [-0.2, -0.15) is 0 Å². The first-order valence-corrected chi connectivity index (χ1v) is 6.96. The van der Waals surface area contributed by atoms with Crippen LogP contribution in [0.1, 0.15) is 0 Å². The highest BCUT2D eigenvalue weighted by Crippen LogP contribution is 2.20. The average Bonchev–Trinajstić information content (AvgIpc) is 1.30. The fraction of sp³-hybridized carbons (Fsp3) is 0. The van der Waals surface area contributed by atoms with Gasteiger partial charge in [0.15, 0.2) is 0 Å². The third-order valence-electron chi connectivity index (χ3n) is 0.252. The van der Waals surface area contributed by atoms with Crippen LogP contribution in [0.15, 0.2) is 11.2 Å². The van der Waals surface area contributed by atoms with Gasteiger partial charge in [-0.25, -0.2) is 0 Å². The van der Waals surface area contributed by atoms with Crippen molar-refractivity contribution in [2.45, 2.75) is 0 Å². The summed E-state index contributed by atoms with van der Waals surface area (Å²) in [5.41, 5.74) is 2.61. The van der Waals surface area contributed by atoms with Crippen LogP contribution in [-0.2, 0) is 0 Å². The Morgan fingerprint density at radius 2 is 1.57 bits per heavy atom. The van der Waals surface area contributed by atoms with Crippen LogP contribution in [0.3, 0.4) is 0 Å². The van der Waals surface area contributed by atoms with Crippen LogP contribution in [0.4, 0.5) is 0 Å². The van der Waals surface area contributed by atoms with Gasteiger partial charge in [0, 0.05) is 0 Å². The van der Waals surface area contributed by atoms with E-state index in [2.05, 4.69) is 0 Å². The zero-order valence-corrected chi connectivity index (χ0v) is 7.19. The van der Waals surface area contributed by atoms with E-state index >= 15 is 0 Å². The molecule has 0 radical (unpaired) electrons. The Kier molecular flexibility index (Phi) is 3.71. The molecule has 0 bridgehead atoms. The van der Waals surface area contributed by atoms with Crippen LogP contribution in [0.2, 0.25) is 0 Å². The van der Waals surface area contributed by atoms with Crippen LogP contribution < -0.4 is 0 Å². The summed E-state index contributed by atoms with van der Waals surface area (Å²) in [4.78, 5) is 0. The zero-order valence-electron chi connectivity index (χ0n) is 3.17. The van der Waals surface area contributed by atoms with Gasteiger partial charge >= 0.3 is 6.00 Å². The Morgan fingerprint density at radius 3 is 1.57 bits per heavy atom. The molecule has 0 heterocycles. The lowest BCUT2D eigenvalue weighted by molar-refractivity contribution is 2.45. The highest BCUT2D eigenvalue weighted by atomic mass is 35.8. The molecule has 0 unspecified atom stereocenters. The smallest absolute Gasteiger partial charge is 0.121 e. The second-order valence-corrected chi connectivity index (χ2v) is 9.61. The normalized spacial score (nSPS) is 13.1. The molecular formula is C2H2Cl4Si. The Labute approximate surface area is 62.1 Å². The second kappa shape index (κ2) is 3.20. The molecule has 5 heteroatoms. The highest BCUT2D eigenvalue weighted by Gasteiger charge is 2.19. The Morgan fingerprint density at radius 1 is 1.14 bits per heavy atom. The molecule has 0 aliphatic heterocycles. The maximum Gasteiger partial charge on any atom is 0.366 e. The molecule has 0 atom stereocenters. The summed E-state index contributed by atoms with van der Waals surface area (Å²) >= 11 is 21.1. The molecule has 0 N–H and O–H groups in total. The van der Waals surface area contributed by atoms with Crippen molar-refractivity contribution < 1.29 is 0 Å². The van der Waals surface area contributed by atoms with E-state index in [1.165, 1.54) is 11.2 Å². The van der Waals surface area contributed by atoms with Gasteiger partial charge in [-0.3, -0.25) is 0 Å². The van der Waals surface area contributed by atoms with Gasteiger partial charge in [0.05, 0.1) is 0 Å². The van der Waals surface area contributed by atoms with Crippen molar-refractivity contribution in [2.24, 2.45) is 0 Å². The molecule has 7 heavy (non-hydrogen) atoms. The standard InChI is InChI=1S/C2H2Cl4Si/c3-1-2-7(4,5)6/h1-2H/b2-1+. The minimum absolute atomic E-state index is 1.22. The van der Waals surface area contributed by atoms with E-state index < -0.39 is 6.00 Å². The molecule has 0 spiro atoms. The van der Waals surface area contributed by atoms with Gasteiger partial charge < -0.3 is 0 Å². The summed E-state index contributed by atoms with van der Waals surface area (Å²) in [5.74, 6) is 0. The van der Waals surface area contributed by atoms with E-state index in [1.54, 1.807) is 0 Å². The number of rotatable bonds is 1. The van der Waals surface area contributed by atoms with E-state index in [4.69, 9.17) is 44.8 Å². The summed E-state index contributed by atoms with van der Waals surface area (Å²) in [7, 11) is 0. The van der Waals surface area contributed by atoms with Gasteiger partial charge in [0.1, 0.15) is 0 Å². The lowest BCUT2D eigenvalue weighted by Crippen LogP contribution is -2.02. The quantitative estimate of drug-likeness (QED) is 0.446. The molecular weight excluding hydrogens is 194 g/mol. The fourth-order valence-corrected chi connectivity index (χ4v) is 1.93. The SMILES string of the molecule is Cl/C=C/[Si](Cl)(Cl)Cl. The van der Waals surface area contributed by atoms with Crippen LogP contribution in [-0.4, -0.2) is 6.00 Å². The van der Waals surface area contributed by atoms with Crippen molar-refractivity contribution in [3.63, 3.8) is 0 Å². The minimum atomic E-state index is -2.55. The van der Waals surface area contributed by atoms with Crippen molar-refractivity contribution in [1.29, 1.82) is 0 Å². The van der Waals surface area contributed by atoms with Crippen molar-refractivity contribution >= 4 is 50.8 Å². The molecule has 0 fully saturated rings. The molecule has 0 aromatic carbocycles. The molecule has 0 nitrogen and oxygen atoms in total. The summed E-state index contributed by atoms with van der Waals surface area (Å²) in [6.07, 6.45) is 0. The molecule has 0 aliphatic rings. The topological polar surface area (TPSA) is 0 Å². The lowest BCUT2D eigenvalue weighted by Gasteiger charge is -1.94. The summed E-state index contributed by atoms with van der Waals surface area (Å²) in [5, 5.41) is 0. The van der Waals surface area contributed by atoms with Crippen LogP contribution in [0.25, 0.3) is 0 Å². The molecule has 0 saturated heterocycles. The predicted octanol–water partition coefficient (Wildman–Crippen LogP) is 2.93. The molecule has 0 aliphatic carbocycles. The van der Waals surface area contributed by atoms with E-state index in [9.17, 15) is 0 Å². The lowest BCUT2D eigenvalue weighted by atomic mass is 11.3. The highest BCUT2D eigenvalue weighted by molar-refractivity contribution is 7.66.